The highest BCUT2D eigenvalue weighted by atomic mass is 32.1. The fourth-order valence-corrected chi connectivity index (χ4v) is 1.80. The molecule has 0 radical (unpaired) electrons. The van der Waals surface area contributed by atoms with Gasteiger partial charge in [0.15, 0.2) is 4.80 Å². The number of amides is 2. The number of nitrogens with two attached hydrogens (primary N) is 1. The summed E-state index contributed by atoms with van der Waals surface area (Å²) in [7, 11) is 0. The van der Waals surface area contributed by atoms with Crippen LogP contribution in [0.1, 0.15) is 6.92 Å². The summed E-state index contributed by atoms with van der Waals surface area (Å²) in [5, 5.41) is 10.3. The normalized spacial score (nSPS) is 11.4. The molecule has 8 nitrogen and oxygen atoms in total. The van der Waals surface area contributed by atoms with E-state index < -0.39 is 16.7 Å². The minimum Gasteiger partial charge on any atom is -0.368 e. The molecule has 1 rings (SSSR count). The number of carbonyl (C=O) groups is 2. The van der Waals surface area contributed by atoms with Crippen molar-refractivity contribution in [2.24, 2.45) is 10.7 Å². The van der Waals surface area contributed by atoms with Crippen molar-refractivity contribution >= 4 is 28.2 Å². The lowest BCUT2D eigenvalue weighted by molar-refractivity contribution is -0.380. The van der Waals surface area contributed by atoms with Crippen molar-refractivity contribution in [1.29, 1.82) is 0 Å². The van der Waals surface area contributed by atoms with Gasteiger partial charge in [0.25, 0.3) is 0 Å². The highest BCUT2D eigenvalue weighted by Crippen LogP contribution is 2.13. The first kappa shape index (κ1) is 12.0. The highest BCUT2D eigenvalue weighted by Gasteiger charge is 2.13. The molecule has 0 atom stereocenters. The number of primary amides is 1. The van der Waals surface area contributed by atoms with Crippen LogP contribution in [0.4, 0.5) is 5.00 Å². The van der Waals surface area contributed by atoms with Crippen LogP contribution >= 0.6 is 11.3 Å². The SMILES string of the molecule is CC(=O)N=c1sc([N+](=O)[O-])cn1CC(N)=O. The molecule has 16 heavy (non-hydrogen) atoms. The first-order chi connectivity index (χ1) is 7.40. The average Bonchev–Trinajstić information content (AvgIpc) is 2.46. The lowest BCUT2D eigenvalue weighted by Crippen LogP contribution is -2.25. The molecule has 0 aromatic carbocycles. The molecular weight excluding hydrogens is 236 g/mol. The second-order valence-electron chi connectivity index (χ2n) is 2.83. The number of thiazole rings is 1. The fraction of sp³-hybridized carbons (Fsp3) is 0.286. The maximum atomic E-state index is 10.8. The molecule has 0 aliphatic carbocycles. The van der Waals surface area contributed by atoms with E-state index in [0.29, 0.717) is 11.3 Å². The summed E-state index contributed by atoms with van der Waals surface area (Å²) in [4.78, 5) is 35.0. The average molecular weight is 244 g/mol. The fourth-order valence-electron chi connectivity index (χ4n) is 0.954. The Hall–Kier alpha value is -2.03. The van der Waals surface area contributed by atoms with Crippen molar-refractivity contribution in [2.75, 3.05) is 0 Å². The van der Waals surface area contributed by atoms with Gasteiger partial charge < -0.3 is 10.3 Å². The molecule has 1 heterocycles. The maximum Gasteiger partial charge on any atom is 0.343 e. The quantitative estimate of drug-likeness (QED) is 0.563. The van der Waals surface area contributed by atoms with E-state index >= 15 is 0 Å². The molecular formula is C7H8N4O4S. The number of nitrogens with zero attached hydrogens (tertiary/aromatic N) is 3. The van der Waals surface area contributed by atoms with Gasteiger partial charge in [-0.3, -0.25) is 19.7 Å². The van der Waals surface area contributed by atoms with Crippen LogP contribution in [0.5, 0.6) is 0 Å². The Bertz CT molecular complexity index is 515. The third-order valence-corrected chi connectivity index (χ3v) is 2.44. The molecule has 0 fully saturated rings. The molecule has 0 aliphatic rings. The van der Waals surface area contributed by atoms with Crippen LogP contribution in [-0.2, 0) is 16.1 Å². The van der Waals surface area contributed by atoms with Gasteiger partial charge in [-0.25, -0.2) is 0 Å². The van der Waals surface area contributed by atoms with Crippen molar-refractivity contribution in [3.8, 4) is 0 Å². The Morgan fingerprint density at radius 3 is 2.75 bits per heavy atom. The van der Waals surface area contributed by atoms with Crippen LogP contribution in [-0.4, -0.2) is 21.3 Å². The topological polar surface area (TPSA) is 121 Å². The van der Waals surface area contributed by atoms with Crippen LogP contribution in [0.15, 0.2) is 11.2 Å². The Morgan fingerprint density at radius 2 is 2.31 bits per heavy atom. The van der Waals surface area contributed by atoms with Crippen molar-refractivity contribution in [1.82, 2.24) is 4.57 Å². The Morgan fingerprint density at radius 1 is 1.69 bits per heavy atom. The predicted molar refractivity (Wildman–Crippen MR) is 54.4 cm³/mol. The number of aromatic nitrogens is 1. The first-order valence-electron chi connectivity index (χ1n) is 4.08. The van der Waals surface area contributed by atoms with Gasteiger partial charge in [0.2, 0.25) is 11.8 Å². The molecule has 1 aromatic heterocycles. The van der Waals surface area contributed by atoms with E-state index in [1.54, 1.807) is 0 Å². The predicted octanol–water partition coefficient (Wildman–Crippen LogP) is -0.610. The first-order valence-corrected chi connectivity index (χ1v) is 4.90. The second-order valence-corrected chi connectivity index (χ2v) is 3.82. The third-order valence-electron chi connectivity index (χ3n) is 1.47. The van der Waals surface area contributed by atoms with E-state index in [2.05, 4.69) is 4.99 Å². The van der Waals surface area contributed by atoms with Crippen LogP contribution in [0.2, 0.25) is 0 Å². The van der Waals surface area contributed by atoms with Crippen LogP contribution < -0.4 is 10.5 Å². The van der Waals surface area contributed by atoms with Crippen LogP contribution in [0.25, 0.3) is 0 Å². The summed E-state index contributed by atoms with van der Waals surface area (Å²) in [6, 6.07) is 0. The molecule has 0 spiro atoms. The highest BCUT2D eigenvalue weighted by molar-refractivity contribution is 7.12. The van der Waals surface area contributed by atoms with Crippen LogP contribution in [0, 0.1) is 10.1 Å². The van der Waals surface area contributed by atoms with Crippen molar-refractivity contribution in [2.45, 2.75) is 13.5 Å². The van der Waals surface area contributed by atoms with Crippen molar-refractivity contribution in [3.63, 3.8) is 0 Å². The molecule has 9 heteroatoms. The number of nitro groups is 1. The zero-order valence-corrected chi connectivity index (χ0v) is 9.06. The number of hydrogen-bond acceptors (Lipinski definition) is 5. The molecule has 0 bridgehead atoms. The van der Waals surface area contributed by atoms with Crippen molar-refractivity contribution in [3.05, 3.63) is 21.1 Å². The van der Waals surface area contributed by atoms with Gasteiger partial charge in [-0.05, 0) is 11.3 Å². The van der Waals surface area contributed by atoms with Crippen molar-refractivity contribution < 1.29 is 14.5 Å². The van der Waals surface area contributed by atoms with Gasteiger partial charge >= 0.3 is 5.00 Å². The van der Waals surface area contributed by atoms with Gasteiger partial charge in [0.05, 0.1) is 11.1 Å². The van der Waals surface area contributed by atoms with Gasteiger partial charge in [0.1, 0.15) is 6.54 Å². The number of carbonyl (C=O) groups excluding carboxylic acids is 2. The van der Waals surface area contributed by atoms with Gasteiger partial charge in [0, 0.05) is 6.92 Å². The van der Waals surface area contributed by atoms with Gasteiger partial charge in [-0.15, -0.1) is 0 Å². The Kier molecular flexibility index (Phi) is 3.51. The largest absolute Gasteiger partial charge is 0.368 e. The van der Waals surface area contributed by atoms with E-state index in [4.69, 9.17) is 5.73 Å². The molecule has 0 unspecified atom stereocenters. The minimum atomic E-state index is -0.669. The standard InChI is InChI=1S/C7H8N4O4S/c1-4(12)9-7-10(2-5(8)13)3-6(16-7)11(14)15/h3H,2H2,1H3,(H2,8,13). The van der Waals surface area contributed by atoms with Gasteiger partial charge in [-0.1, -0.05) is 0 Å². The molecule has 86 valence electrons. The minimum absolute atomic E-state index is 0.0815. The van der Waals surface area contributed by atoms with Gasteiger partial charge in [-0.2, -0.15) is 4.99 Å². The summed E-state index contributed by atoms with van der Waals surface area (Å²) in [6.07, 6.45) is 1.12. The lowest BCUT2D eigenvalue weighted by atomic mass is 10.6. The zero-order valence-electron chi connectivity index (χ0n) is 8.24. The molecule has 1 aromatic rings. The lowest BCUT2D eigenvalue weighted by Gasteiger charge is -1.95. The smallest absolute Gasteiger partial charge is 0.343 e. The molecule has 2 N–H and O–H groups in total. The Labute approximate surface area is 93.2 Å². The van der Waals surface area contributed by atoms with E-state index in [9.17, 15) is 19.7 Å². The number of hydrogen-bond donors (Lipinski definition) is 1. The summed E-state index contributed by atoms with van der Waals surface area (Å²) in [5.74, 6) is -1.17. The van der Waals surface area contributed by atoms with Crippen LogP contribution in [0.3, 0.4) is 0 Å². The van der Waals surface area contributed by atoms with E-state index in [1.165, 1.54) is 11.5 Å². The summed E-state index contributed by atoms with van der Waals surface area (Å²) < 4.78 is 1.17. The second kappa shape index (κ2) is 4.66. The van der Waals surface area contributed by atoms with E-state index in [-0.39, 0.29) is 16.3 Å². The number of rotatable bonds is 3. The molecule has 0 saturated heterocycles. The van der Waals surface area contributed by atoms with E-state index in [1.807, 2.05) is 0 Å². The van der Waals surface area contributed by atoms with E-state index in [0.717, 1.165) is 6.20 Å². The molecule has 2 amide bonds. The monoisotopic (exact) mass is 244 g/mol. The molecule has 0 aliphatic heterocycles. The summed E-state index contributed by atoms with van der Waals surface area (Å²) in [6.45, 7) is 0.955. The zero-order chi connectivity index (χ0) is 12.3. The molecule has 0 saturated carbocycles. The Balaban J connectivity index is 3.28. The maximum absolute atomic E-state index is 10.8. The summed E-state index contributed by atoms with van der Waals surface area (Å²) in [5.41, 5.74) is 4.96. The third kappa shape index (κ3) is 2.98. The summed E-state index contributed by atoms with van der Waals surface area (Å²) >= 11 is 0.707.